The second-order valence-electron chi connectivity index (χ2n) is 19.9. The van der Waals surface area contributed by atoms with Crippen LogP contribution >= 0.6 is 0 Å². The maximum Gasteiger partial charge on any atom is 0.416 e. The zero-order chi connectivity index (χ0) is 62.6. The normalized spacial score (nSPS) is 13.3. The Kier molecular flexibility index (Phi) is 19.7. The molecule has 0 atom stereocenters. The summed E-state index contributed by atoms with van der Waals surface area (Å²) < 4.78 is 343. The molecule has 0 aliphatic heterocycles. The van der Waals surface area contributed by atoms with Crippen molar-refractivity contribution in [1.82, 2.24) is 0 Å². The van der Waals surface area contributed by atoms with Gasteiger partial charge in [0.1, 0.15) is 6.15 Å². The number of aromatic nitrogens is 1. The van der Waals surface area contributed by atoms with E-state index in [0.717, 1.165) is 6.54 Å². The smallest absolute Gasteiger partial charge is 0.198 e. The summed E-state index contributed by atoms with van der Waals surface area (Å²) in [6.07, 6.45) is -40.4. The number of hydrogen-bond donors (Lipinski definition) is 0. The van der Waals surface area contributed by atoms with E-state index in [1.807, 2.05) is 0 Å². The Labute approximate surface area is 463 Å². The third-order valence-electron chi connectivity index (χ3n) is 14.0. The Morgan fingerprint density at radius 1 is 0.321 bits per heavy atom. The quantitative estimate of drug-likeness (QED) is 0.0417. The van der Waals surface area contributed by atoms with Gasteiger partial charge in [-0.25, -0.2) is 0 Å². The molecule has 0 aliphatic carbocycles. The summed E-state index contributed by atoms with van der Waals surface area (Å²) in [5.74, 6) is 0. The molecule has 0 aliphatic rings. The van der Waals surface area contributed by atoms with Crippen molar-refractivity contribution < 1.29 is 110 Å². The van der Waals surface area contributed by atoms with Crippen molar-refractivity contribution in [3.63, 3.8) is 0 Å². The van der Waals surface area contributed by atoms with Gasteiger partial charge in [-0.2, -0.15) is 132 Å². The van der Waals surface area contributed by atoms with Gasteiger partial charge in [-0.05, 0) is 42.1 Å². The summed E-state index contributed by atoms with van der Waals surface area (Å²) in [5, 5.41) is 2.77. The van der Waals surface area contributed by atoms with Crippen LogP contribution in [0.4, 0.5) is 105 Å². The van der Waals surface area contributed by atoms with Crippen LogP contribution in [-0.4, -0.2) is 6.15 Å². The highest BCUT2D eigenvalue weighted by Gasteiger charge is 2.47. The van der Waals surface area contributed by atoms with Crippen molar-refractivity contribution in [2.75, 3.05) is 0 Å². The van der Waals surface area contributed by atoms with E-state index in [1.165, 1.54) is 79.8 Å². The largest absolute Gasteiger partial charge is 0.416 e. The lowest BCUT2D eigenvalue weighted by Crippen LogP contribution is -2.75. The van der Waals surface area contributed by atoms with Gasteiger partial charge in [-0.15, -0.1) is 0 Å². The lowest BCUT2D eigenvalue weighted by Gasteiger charge is -2.46. The van der Waals surface area contributed by atoms with Crippen molar-refractivity contribution in [3.8, 4) is 0 Å². The van der Waals surface area contributed by atoms with Crippen LogP contribution in [-0.2, 0) is 62.4 Å². The Hall–Kier alpha value is -6.89. The molecule has 6 aromatic carbocycles. The van der Waals surface area contributed by atoms with Gasteiger partial charge in [0.15, 0.2) is 18.4 Å². The van der Waals surface area contributed by atoms with E-state index in [9.17, 15) is 105 Å². The first-order valence-electron chi connectivity index (χ1n) is 25.4. The number of hydrogen-bond acceptors (Lipinski definition) is 0. The van der Waals surface area contributed by atoms with Crippen LogP contribution in [0.5, 0.6) is 0 Å². The Morgan fingerprint density at radius 2 is 0.607 bits per heavy atom. The lowest BCUT2D eigenvalue weighted by molar-refractivity contribution is -0.694. The minimum Gasteiger partial charge on any atom is -0.198 e. The maximum atomic E-state index is 14.2. The monoisotopic (exact) mass is 1220 g/mol. The molecule has 0 fully saturated rings. The zero-order valence-corrected chi connectivity index (χ0v) is 43.4. The summed E-state index contributed by atoms with van der Waals surface area (Å²) in [5.41, 5.74) is -27.3. The van der Waals surface area contributed by atoms with Gasteiger partial charge >= 0.3 is 49.4 Å². The number of halogens is 24. The zero-order valence-electron chi connectivity index (χ0n) is 43.4. The summed E-state index contributed by atoms with van der Waals surface area (Å²) in [7, 11) is 0. The second kappa shape index (κ2) is 25.0. The SMILES string of the molecule is CCCCCCCCCCc1c2ccccc2cc[n+]1Cc1ccccc1.FC(F)(F)c1cc([B-](c2cc(C(F)(F)F)cc(C(F)(F)F)c2)(c2cc(C(F)(F)F)cc(C(F)(F)F)c2)c2cc(C(F)(F)F)cc(C(F)(F)F)c2)cc(C(F)(F)F)c1. The van der Waals surface area contributed by atoms with Gasteiger partial charge in [0.2, 0.25) is 0 Å². The Morgan fingerprint density at radius 3 is 0.917 bits per heavy atom. The number of fused-ring (bicyclic) bond motifs is 1. The fourth-order valence-corrected chi connectivity index (χ4v) is 10.0. The van der Waals surface area contributed by atoms with Gasteiger partial charge in [0.25, 0.3) is 0 Å². The molecule has 1 heterocycles. The second-order valence-corrected chi connectivity index (χ2v) is 19.9. The highest BCUT2D eigenvalue weighted by Crippen LogP contribution is 2.42. The number of aryl methyl sites for hydroxylation is 1. The average Bonchev–Trinajstić information content (AvgIpc) is 0.928. The molecule has 0 radical (unpaired) electrons. The van der Waals surface area contributed by atoms with Crippen LogP contribution in [0.15, 0.2) is 140 Å². The van der Waals surface area contributed by atoms with Crippen molar-refractivity contribution in [3.05, 3.63) is 195 Å². The first kappa shape index (κ1) is 66.3. The first-order chi connectivity index (χ1) is 38.6. The molecule has 7 rings (SSSR count). The molecule has 0 amide bonds. The summed E-state index contributed by atoms with van der Waals surface area (Å²) in [4.78, 5) is 0. The van der Waals surface area contributed by atoms with Crippen LogP contribution < -0.4 is 26.4 Å². The predicted octanol–water partition coefficient (Wildman–Crippen LogP) is 18.1. The van der Waals surface area contributed by atoms with E-state index in [-0.39, 0.29) is 0 Å². The van der Waals surface area contributed by atoms with E-state index in [2.05, 4.69) is 78.4 Å². The van der Waals surface area contributed by atoms with Crippen LogP contribution in [0.2, 0.25) is 0 Å². The Bertz CT molecular complexity index is 2920. The van der Waals surface area contributed by atoms with Gasteiger partial charge in [-0.1, -0.05) is 149 Å². The Balaban J connectivity index is 0.000000347. The third-order valence-corrected chi connectivity index (χ3v) is 14.0. The molecule has 454 valence electrons. The molecule has 84 heavy (non-hydrogen) atoms. The minimum atomic E-state index is -6.13. The molecule has 7 aromatic rings. The van der Waals surface area contributed by atoms with Crippen LogP contribution in [0.1, 0.15) is 114 Å². The average molecular weight is 1220 g/mol. The highest BCUT2D eigenvalue weighted by atomic mass is 19.4. The number of pyridine rings is 1. The van der Waals surface area contributed by atoms with Gasteiger partial charge in [0.05, 0.1) is 44.5 Å². The van der Waals surface area contributed by atoms with E-state index >= 15 is 0 Å². The van der Waals surface area contributed by atoms with E-state index < -0.39 is 195 Å². The first-order valence-corrected chi connectivity index (χ1v) is 25.4. The standard InChI is InChI=1S/C32H12BF24.C26H34N/c34-25(35,36)13-1-14(26(37,38)39)6-21(5-13)33(22-7-15(27(40,41)42)2-16(8-22)28(43,44)45,23-9-17(29(46,47)48)3-18(10-23)30(49,50)51)24-11-19(31(52,53)54)4-20(12-24)32(55,56)57;1-2-3-4-5-6-7-8-12-19-26-25-18-14-13-17-24(25)20-21-27(26)22-23-15-10-9-11-16-23/h1-12H;9-11,13-18,20-21H,2-8,12,19,22H2,1H3/q-1;+1. The molecule has 0 bridgehead atoms. The highest BCUT2D eigenvalue weighted by molar-refractivity contribution is 7.20. The molecular formula is C58H46BF24N. The summed E-state index contributed by atoms with van der Waals surface area (Å²) in [6.45, 7) is 3.24. The molecule has 0 N–H and O–H groups in total. The van der Waals surface area contributed by atoms with Gasteiger partial charge in [-0.3, -0.25) is 0 Å². The van der Waals surface area contributed by atoms with Crippen molar-refractivity contribution >= 4 is 38.8 Å². The number of rotatable bonds is 15. The van der Waals surface area contributed by atoms with Crippen LogP contribution in [0.25, 0.3) is 10.8 Å². The summed E-state index contributed by atoms with van der Waals surface area (Å²) in [6, 6.07) is 13.1. The maximum absolute atomic E-state index is 14.2. The molecular weight excluding hydrogens is 1180 g/mol. The number of unbranched alkanes of at least 4 members (excludes halogenated alkanes) is 7. The van der Waals surface area contributed by atoms with Gasteiger partial charge in [0, 0.05) is 23.4 Å². The molecule has 0 spiro atoms. The van der Waals surface area contributed by atoms with Crippen molar-refractivity contribution in [1.29, 1.82) is 0 Å². The van der Waals surface area contributed by atoms with Crippen LogP contribution in [0, 0.1) is 0 Å². The lowest BCUT2D eigenvalue weighted by atomic mass is 9.12. The van der Waals surface area contributed by atoms with Crippen LogP contribution in [0.3, 0.4) is 0 Å². The minimum absolute atomic E-state index is 0.691. The van der Waals surface area contributed by atoms with Crippen molar-refractivity contribution in [2.24, 2.45) is 0 Å². The molecule has 0 saturated carbocycles. The topological polar surface area (TPSA) is 3.88 Å². The molecule has 1 nitrogen and oxygen atoms in total. The van der Waals surface area contributed by atoms with Gasteiger partial charge < -0.3 is 0 Å². The number of alkyl halides is 24. The predicted molar refractivity (Wildman–Crippen MR) is 266 cm³/mol. The molecule has 1 aromatic heterocycles. The summed E-state index contributed by atoms with van der Waals surface area (Å²) >= 11 is 0. The fraction of sp³-hybridized carbons (Fsp3) is 0.328. The van der Waals surface area contributed by atoms with E-state index in [1.54, 1.807) is 0 Å². The molecule has 26 heteroatoms. The van der Waals surface area contributed by atoms with E-state index in [4.69, 9.17) is 0 Å². The number of nitrogens with zero attached hydrogens (tertiary/aromatic N) is 1. The fourth-order valence-electron chi connectivity index (χ4n) is 10.0. The van der Waals surface area contributed by atoms with E-state index in [0.29, 0.717) is 0 Å². The third kappa shape index (κ3) is 16.3. The number of benzene rings is 6. The molecule has 0 unspecified atom stereocenters. The molecule has 0 saturated heterocycles. The van der Waals surface area contributed by atoms with Crippen molar-refractivity contribution in [2.45, 2.75) is 121 Å².